The largest absolute Gasteiger partial charge is 0.380 e. The van der Waals surface area contributed by atoms with Gasteiger partial charge in [0.2, 0.25) is 0 Å². The lowest BCUT2D eigenvalue weighted by Gasteiger charge is -2.09. The van der Waals surface area contributed by atoms with E-state index in [0.717, 1.165) is 17.1 Å². The number of hydrogen-bond donors (Lipinski definition) is 1. The molecule has 80 valence electrons. The summed E-state index contributed by atoms with van der Waals surface area (Å²) < 4.78 is 9.54. The van der Waals surface area contributed by atoms with E-state index in [9.17, 15) is 0 Å². The smallest absolute Gasteiger partial charge is 0.117 e. The fraction of sp³-hybridized carbons (Fsp3) is 0.364. The van der Waals surface area contributed by atoms with Gasteiger partial charge in [-0.25, -0.2) is 0 Å². The maximum absolute atomic E-state index is 5.18. The molecule has 4 heteroatoms. The van der Waals surface area contributed by atoms with E-state index in [-0.39, 0.29) is 6.10 Å². The van der Waals surface area contributed by atoms with Gasteiger partial charge < -0.3 is 10.1 Å². The number of methoxy groups -OCH3 is 1. The number of nitrogens with zero attached hydrogens (tertiary/aromatic N) is 1. The van der Waals surface area contributed by atoms with Crippen LogP contribution in [0.1, 0.15) is 6.92 Å². The van der Waals surface area contributed by atoms with E-state index in [1.807, 2.05) is 25.1 Å². The second kappa shape index (κ2) is 4.59. The molecule has 0 aliphatic heterocycles. The van der Waals surface area contributed by atoms with Crippen LogP contribution in [0, 0.1) is 0 Å². The van der Waals surface area contributed by atoms with Gasteiger partial charge in [0.1, 0.15) is 5.00 Å². The lowest BCUT2D eigenvalue weighted by Crippen LogP contribution is -2.17. The van der Waals surface area contributed by atoms with Crippen molar-refractivity contribution in [2.45, 2.75) is 13.0 Å². The summed E-state index contributed by atoms with van der Waals surface area (Å²) in [5.41, 5.74) is 1.05. The molecule has 0 saturated heterocycles. The normalized spacial score (nSPS) is 12.9. The van der Waals surface area contributed by atoms with Gasteiger partial charge >= 0.3 is 0 Å². The lowest BCUT2D eigenvalue weighted by molar-refractivity contribution is 0.129. The van der Waals surface area contributed by atoms with Crippen LogP contribution in [0.4, 0.5) is 5.00 Å². The zero-order chi connectivity index (χ0) is 10.7. The van der Waals surface area contributed by atoms with Crippen molar-refractivity contribution in [3.05, 3.63) is 24.3 Å². The first-order valence-electron chi connectivity index (χ1n) is 4.92. The number of nitrogens with one attached hydrogen (secondary N) is 1. The van der Waals surface area contributed by atoms with E-state index in [1.165, 1.54) is 16.9 Å². The predicted molar refractivity (Wildman–Crippen MR) is 64.6 cm³/mol. The Morgan fingerprint density at radius 2 is 2.27 bits per heavy atom. The van der Waals surface area contributed by atoms with Crippen LogP contribution in [0.25, 0.3) is 10.9 Å². The molecule has 1 unspecified atom stereocenters. The third-order valence-corrected chi connectivity index (χ3v) is 3.17. The first kappa shape index (κ1) is 10.4. The topological polar surface area (TPSA) is 34.1 Å². The second-order valence-corrected chi connectivity index (χ2v) is 4.23. The number of fused-ring (bicyclic) bond motifs is 1. The fourth-order valence-electron chi connectivity index (χ4n) is 1.34. The van der Waals surface area contributed by atoms with Gasteiger partial charge in [-0.15, -0.1) is 0 Å². The van der Waals surface area contributed by atoms with E-state index in [2.05, 4.69) is 15.8 Å². The lowest BCUT2D eigenvalue weighted by atomic mass is 10.2. The Hall–Kier alpha value is -1.13. The molecule has 0 aliphatic carbocycles. The molecule has 0 saturated carbocycles. The summed E-state index contributed by atoms with van der Waals surface area (Å²) in [6.07, 6.45) is 0.214. The molecular formula is C11H14N2OS. The van der Waals surface area contributed by atoms with Crippen LogP contribution in [0.5, 0.6) is 0 Å². The molecular weight excluding hydrogens is 208 g/mol. The third kappa shape index (κ3) is 2.27. The van der Waals surface area contributed by atoms with Crippen molar-refractivity contribution in [3.63, 3.8) is 0 Å². The summed E-state index contributed by atoms with van der Waals surface area (Å²) in [6.45, 7) is 2.85. The zero-order valence-corrected chi connectivity index (χ0v) is 9.67. The highest BCUT2D eigenvalue weighted by Crippen LogP contribution is 2.26. The Kier molecular flexibility index (Phi) is 3.18. The van der Waals surface area contributed by atoms with Gasteiger partial charge in [-0.1, -0.05) is 12.1 Å². The Morgan fingerprint density at radius 1 is 1.47 bits per heavy atom. The molecule has 1 heterocycles. The van der Waals surface area contributed by atoms with E-state index >= 15 is 0 Å². The summed E-state index contributed by atoms with van der Waals surface area (Å²) in [7, 11) is 1.72. The quantitative estimate of drug-likeness (QED) is 0.863. The van der Waals surface area contributed by atoms with Gasteiger partial charge in [-0.2, -0.15) is 4.37 Å². The minimum absolute atomic E-state index is 0.214. The number of aromatic nitrogens is 1. The van der Waals surface area contributed by atoms with Crippen molar-refractivity contribution in [1.29, 1.82) is 0 Å². The van der Waals surface area contributed by atoms with Crippen LogP contribution in [0.15, 0.2) is 24.3 Å². The summed E-state index contributed by atoms with van der Waals surface area (Å²) in [5, 5.41) is 5.66. The van der Waals surface area contributed by atoms with Gasteiger partial charge in [0.25, 0.3) is 0 Å². The molecule has 0 radical (unpaired) electrons. The summed E-state index contributed by atoms with van der Waals surface area (Å²) in [5.74, 6) is 0. The van der Waals surface area contributed by atoms with E-state index in [4.69, 9.17) is 4.74 Å². The van der Waals surface area contributed by atoms with E-state index in [1.54, 1.807) is 7.11 Å². The van der Waals surface area contributed by atoms with Crippen molar-refractivity contribution in [3.8, 4) is 0 Å². The number of anilines is 1. The summed E-state index contributed by atoms with van der Waals surface area (Å²) in [4.78, 5) is 0. The van der Waals surface area contributed by atoms with Crippen LogP contribution < -0.4 is 5.32 Å². The van der Waals surface area contributed by atoms with Gasteiger partial charge in [-0.3, -0.25) is 0 Å². The Labute approximate surface area is 93.2 Å². The Morgan fingerprint density at radius 3 is 3.07 bits per heavy atom. The Bertz CT molecular complexity index is 441. The molecule has 15 heavy (non-hydrogen) atoms. The van der Waals surface area contributed by atoms with Gasteiger partial charge in [0.15, 0.2) is 0 Å². The van der Waals surface area contributed by atoms with Crippen molar-refractivity contribution in [1.82, 2.24) is 4.37 Å². The van der Waals surface area contributed by atoms with Crippen LogP contribution >= 0.6 is 11.5 Å². The van der Waals surface area contributed by atoms with Gasteiger partial charge in [0, 0.05) is 19.0 Å². The average Bonchev–Trinajstić information content (AvgIpc) is 2.69. The van der Waals surface area contributed by atoms with E-state index < -0.39 is 0 Å². The average molecular weight is 222 g/mol. The van der Waals surface area contributed by atoms with Gasteiger partial charge in [0.05, 0.1) is 11.6 Å². The molecule has 0 amide bonds. The number of benzene rings is 1. The number of hydrogen-bond acceptors (Lipinski definition) is 4. The molecule has 0 bridgehead atoms. The minimum atomic E-state index is 0.214. The molecule has 1 aromatic carbocycles. The zero-order valence-electron chi connectivity index (χ0n) is 8.86. The van der Waals surface area contributed by atoms with Gasteiger partial charge in [-0.05, 0) is 30.6 Å². The molecule has 0 spiro atoms. The molecule has 1 N–H and O–H groups in total. The second-order valence-electron chi connectivity index (χ2n) is 3.46. The van der Waals surface area contributed by atoms with E-state index in [0.29, 0.717) is 0 Å². The highest BCUT2D eigenvalue weighted by Gasteiger charge is 2.05. The molecule has 2 rings (SSSR count). The summed E-state index contributed by atoms with van der Waals surface area (Å²) >= 11 is 1.50. The minimum Gasteiger partial charge on any atom is -0.380 e. The van der Waals surface area contributed by atoms with Crippen LogP contribution in [0.3, 0.4) is 0 Å². The maximum Gasteiger partial charge on any atom is 0.117 e. The third-order valence-electron chi connectivity index (χ3n) is 2.34. The Balaban J connectivity index is 2.14. The number of rotatable bonds is 4. The highest BCUT2D eigenvalue weighted by atomic mass is 32.1. The van der Waals surface area contributed by atoms with Crippen molar-refractivity contribution in [2.24, 2.45) is 0 Å². The standard InChI is InChI=1S/C11H14N2OS/c1-8(14-2)7-12-11-9-5-3-4-6-10(9)13-15-11/h3-6,8,12H,7H2,1-2H3. The molecule has 0 fully saturated rings. The van der Waals surface area contributed by atoms with Crippen LogP contribution in [-0.2, 0) is 4.74 Å². The van der Waals surface area contributed by atoms with Crippen molar-refractivity contribution < 1.29 is 4.74 Å². The van der Waals surface area contributed by atoms with Crippen molar-refractivity contribution in [2.75, 3.05) is 19.0 Å². The molecule has 3 nitrogen and oxygen atoms in total. The first-order chi connectivity index (χ1) is 7.31. The highest BCUT2D eigenvalue weighted by molar-refractivity contribution is 7.11. The number of ether oxygens (including phenoxy) is 1. The molecule has 1 atom stereocenters. The van der Waals surface area contributed by atoms with Crippen molar-refractivity contribution >= 4 is 27.4 Å². The van der Waals surface area contributed by atoms with Crippen LogP contribution in [-0.4, -0.2) is 24.1 Å². The SMILES string of the molecule is COC(C)CNc1snc2ccccc12. The maximum atomic E-state index is 5.18. The monoisotopic (exact) mass is 222 g/mol. The molecule has 0 aliphatic rings. The fourth-order valence-corrected chi connectivity index (χ4v) is 2.10. The molecule has 1 aromatic heterocycles. The summed E-state index contributed by atoms with van der Waals surface area (Å²) in [6, 6.07) is 8.14. The first-order valence-corrected chi connectivity index (χ1v) is 5.69. The van der Waals surface area contributed by atoms with Crippen LogP contribution in [0.2, 0.25) is 0 Å². The molecule has 2 aromatic rings. The predicted octanol–water partition coefficient (Wildman–Crippen LogP) is 2.74.